The molecule has 6 nitrogen and oxygen atoms in total. The third kappa shape index (κ3) is 4.17. The lowest BCUT2D eigenvalue weighted by Gasteiger charge is -2.43. The van der Waals surface area contributed by atoms with Crippen LogP contribution in [0.1, 0.15) is 41.0 Å². The van der Waals surface area contributed by atoms with Crippen molar-refractivity contribution in [3.8, 4) is 10.6 Å². The van der Waals surface area contributed by atoms with E-state index in [1.807, 2.05) is 79.9 Å². The first-order chi connectivity index (χ1) is 16.9. The van der Waals surface area contributed by atoms with Crippen LogP contribution in [-0.2, 0) is 24.3 Å². The molecular weight excluding hydrogens is 456 g/mol. The van der Waals surface area contributed by atoms with Gasteiger partial charge in [0.1, 0.15) is 16.9 Å². The van der Waals surface area contributed by atoms with Crippen molar-refractivity contribution >= 4 is 28.8 Å². The summed E-state index contributed by atoms with van der Waals surface area (Å²) in [7, 11) is 0. The van der Waals surface area contributed by atoms with Gasteiger partial charge in [0, 0.05) is 12.2 Å². The number of nitrogens with zero attached hydrogens (tertiary/aromatic N) is 3. The second-order valence-corrected chi connectivity index (χ2v) is 10.1. The Morgan fingerprint density at radius 3 is 2.69 bits per heavy atom. The van der Waals surface area contributed by atoms with Crippen LogP contribution in [0.4, 0.5) is 5.69 Å². The second kappa shape index (κ2) is 9.15. The van der Waals surface area contributed by atoms with Crippen LogP contribution in [0, 0.1) is 6.92 Å². The Bertz CT molecular complexity index is 1390. The molecule has 0 fully saturated rings. The van der Waals surface area contributed by atoms with Crippen LogP contribution in [0.25, 0.3) is 10.6 Å². The Morgan fingerprint density at radius 2 is 1.94 bits per heavy atom. The highest BCUT2D eigenvalue weighted by Gasteiger charge is 2.49. The number of nitrogens with one attached hydrogen (secondary N) is 1. The fraction of sp³-hybridized carbons (Fsp3) is 0.250. The molecule has 2 aromatic carbocycles. The van der Waals surface area contributed by atoms with Crippen LogP contribution in [0.2, 0.25) is 0 Å². The van der Waals surface area contributed by atoms with E-state index in [2.05, 4.69) is 18.3 Å². The maximum atomic E-state index is 14.0. The summed E-state index contributed by atoms with van der Waals surface area (Å²) in [6.45, 7) is 6.57. The minimum Gasteiger partial charge on any atom is -0.350 e. The molecule has 7 heteroatoms. The first-order valence-electron chi connectivity index (χ1n) is 11.8. The molecule has 1 aliphatic heterocycles. The quantitative estimate of drug-likeness (QED) is 0.408. The number of carbonyl (C=O) groups excluding carboxylic acids is 2. The number of carbonyl (C=O) groups is 2. The molecular formula is C28H28N4O2S. The van der Waals surface area contributed by atoms with Crippen molar-refractivity contribution in [2.75, 3.05) is 4.90 Å². The number of amides is 2. The number of para-hydroxylation sites is 1. The molecule has 1 aliphatic rings. The summed E-state index contributed by atoms with van der Waals surface area (Å²) in [5.41, 5.74) is 4.02. The molecule has 3 heterocycles. The van der Waals surface area contributed by atoms with Gasteiger partial charge in [-0.05, 0) is 55.0 Å². The number of benzene rings is 2. The molecule has 2 aromatic heterocycles. The fourth-order valence-corrected chi connectivity index (χ4v) is 5.41. The minimum atomic E-state index is -1.15. The van der Waals surface area contributed by atoms with Gasteiger partial charge in [-0.3, -0.25) is 19.2 Å². The first-order valence-corrected chi connectivity index (χ1v) is 12.7. The van der Waals surface area contributed by atoms with Crippen LogP contribution in [0.3, 0.4) is 0 Å². The molecule has 4 aromatic rings. The summed E-state index contributed by atoms with van der Waals surface area (Å²) in [5, 5.41) is 9.80. The maximum absolute atomic E-state index is 14.0. The standard InChI is InChI=1S/C28H28N4O2S/c1-4-21-11-5-6-12-23(21)32-26(33)24-16-22(25-13-8-14-35-25)30-31(24)18-28(32,3)27(34)29-17-20-10-7-9-19(2)15-20/h5-16H,4,17-18H2,1-3H3,(H,29,34)/t28-/m1/s1. The number of rotatable bonds is 6. The molecule has 178 valence electrons. The van der Waals surface area contributed by atoms with Crippen molar-refractivity contribution in [2.24, 2.45) is 0 Å². The summed E-state index contributed by atoms with van der Waals surface area (Å²) in [5.74, 6) is -0.433. The molecule has 1 N–H and O–H groups in total. The van der Waals surface area contributed by atoms with Crippen LogP contribution < -0.4 is 10.2 Å². The minimum absolute atomic E-state index is 0.211. The summed E-state index contributed by atoms with van der Waals surface area (Å²) >= 11 is 1.58. The van der Waals surface area contributed by atoms with Gasteiger partial charge in [0.25, 0.3) is 5.91 Å². The highest BCUT2D eigenvalue weighted by Crippen LogP contribution is 2.36. The third-order valence-electron chi connectivity index (χ3n) is 6.57. The molecule has 0 bridgehead atoms. The van der Waals surface area contributed by atoms with E-state index in [9.17, 15) is 9.59 Å². The van der Waals surface area contributed by atoms with Crippen molar-refractivity contribution in [1.29, 1.82) is 0 Å². The van der Waals surface area contributed by atoms with Crippen molar-refractivity contribution in [2.45, 2.75) is 45.8 Å². The maximum Gasteiger partial charge on any atom is 0.277 e. The number of fused-ring (bicyclic) bond motifs is 1. The van der Waals surface area contributed by atoms with Gasteiger partial charge in [-0.25, -0.2) is 0 Å². The number of aromatic nitrogens is 2. The van der Waals surface area contributed by atoms with E-state index in [1.165, 1.54) is 0 Å². The third-order valence-corrected chi connectivity index (χ3v) is 7.46. The Labute approximate surface area is 209 Å². The Hall–Kier alpha value is -3.71. The number of aryl methyl sites for hydroxylation is 2. The van der Waals surface area contributed by atoms with Crippen LogP contribution in [0.15, 0.2) is 72.1 Å². The normalized spacial score (nSPS) is 17.3. The molecule has 0 saturated carbocycles. The zero-order valence-corrected chi connectivity index (χ0v) is 20.9. The predicted octanol–water partition coefficient (Wildman–Crippen LogP) is 5.22. The second-order valence-electron chi connectivity index (χ2n) is 9.12. The van der Waals surface area contributed by atoms with Crippen LogP contribution >= 0.6 is 11.3 Å². The van der Waals surface area contributed by atoms with Gasteiger partial charge in [-0.15, -0.1) is 11.3 Å². The van der Waals surface area contributed by atoms with Gasteiger partial charge in [-0.1, -0.05) is 61.0 Å². The average Bonchev–Trinajstić information content (AvgIpc) is 3.53. The highest BCUT2D eigenvalue weighted by molar-refractivity contribution is 7.13. The molecule has 1 atom stereocenters. The monoisotopic (exact) mass is 484 g/mol. The van der Waals surface area contributed by atoms with Crippen molar-refractivity contribution < 1.29 is 9.59 Å². The molecule has 35 heavy (non-hydrogen) atoms. The average molecular weight is 485 g/mol. The molecule has 0 radical (unpaired) electrons. The van der Waals surface area contributed by atoms with E-state index in [-0.39, 0.29) is 18.4 Å². The van der Waals surface area contributed by atoms with E-state index in [1.54, 1.807) is 20.9 Å². The van der Waals surface area contributed by atoms with Crippen LogP contribution in [0.5, 0.6) is 0 Å². The van der Waals surface area contributed by atoms with E-state index in [4.69, 9.17) is 5.10 Å². The van der Waals surface area contributed by atoms with Gasteiger partial charge in [0.2, 0.25) is 5.91 Å². The number of anilines is 1. The fourth-order valence-electron chi connectivity index (χ4n) is 4.73. The van der Waals surface area contributed by atoms with Gasteiger partial charge >= 0.3 is 0 Å². The Morgan fingerprint density at radius 1 is 1.11 bits per heavy atom. The summed E-state index contributed by atoms with van der Waals surface area (Å²) in [6, 6.07) is 21.7. The van der Waals surface area contributed by atoms with Gasteiger partial charge in [-0.2, -0.15) is 5.10 Å². The van der Waals surface area contributed by atoms with E-state index < -0.39 is 5.54 Å². The number of hydrogen-bond acceptors (Lipinski definition) is 4. The molecule has 0 unspecified atom stereocenters. The van der Waals surface area contributed by atoms with E-state index >= 15 is 0 Å². The van der Waals surface area contributed by atoms with Crippen molar-refractivity contribution in [3.05, 3.63) is 94.5 Å². The summed E-state index contributed by atoms with van der Waals surface area (Å²) in [6.07, 6.45) is 0.751. The molecule has 2 amide bonds. The van der Waals surface area contributed by atoms with E-state index in [0.29, 0.717) is 12.2 Å². The summed E-state index contributed by atoms with van der Waals surface area (Å²) < 4.78 is 1.69. The zero-order chi connectivity index (χ0) is 24.6. The summed E-state index contributed by atoms with van der Waals surface area (Å²) in [4.78, 5) is 30.5. The molecule has 5 rings (SSSR count). The van der Waals surface area contributed by atoms with Crippen LogP contribution in [-0.4, -0.2) is 27.1 Å². The lowest BCUT2D eigenvalue weighted by Crippen LogP contribution is -2.64. The smallest absolute Gasteiger partial charge is 0.277 e. The predicted molar refractivity (Wildman–Crippen MR) is 140 cm³/mol. The van der Waals surface area contributed by atoms with Gasteiger partial charge in [0.15, 0.2) is 0 Å². The SMILES string of the molecule is CCc1ccccc1N1C(=O)c2cc(-c3cccs3)nn2C[C@]1(C)C(=O)NCc1cccc(C)c1. The number of thiophene rings is 1. The van der Waals surface area contributed by atoms with Gasteiger partial charge < -0.3 is 5.32 Å². The lowest BCUT2D eigenvalue weighted by molar-refractivity contribution is -0.126. The first kappa shape index (κ1) is 23.1. The van der Waals surface area contributed by atoms with Crippen molar-refractivity contribution in [1.82, 2.24) is 15.1 Å². The largest absolute Gasteiger partial charge is 0.350 e. The number of hydrogen-bond donors (Lipinski definition) is 1. The zero-order valence-electron chi connectivity index (χ0n) is 20.1. The van der Waals surface area contributed by atoms with Crippen molar-refractivity contribution in [3.63, 3.8) is 0 Å². The lowest BCUT2D eigenvalue weighted by atomic mass is 9.92. The van der Waals surface area contributed by atoms with E-state index in [0.717, 1.165) is 39.4 Å². The molecule has 0 saturated heterocycles. The topological polar surface area (TPSA) is 67.2 Å². The Kier molecular flexibility index (Phi) is 6.03. The Balaban J connectivity index is 1.56. The molecule has 0 aliphatic carbocycles. The van der Waals surface area contributed by atoms with Gasteiger partial charge in [0.05, 0.1) is 11.4 Å². The molecule has 0 spiro atoms. The highest BCUT2D eigenvalue weighted by atomic mass is 32.1.